The Morgan fingerprint density at radius 1 is 1.14 bits per heavy atom. The van der Waals surface area contributed by atoms with Crippen LogP contribution in [-0.2, 0) is 6.42 Å². The monoisotopic (exact) mass is 382 g/mol. The highest BCUT2D eigenvalue weighted by Crippen LogP contribution is 2.14. The van der Waals surface area contributed by atoms with E-state index in [0.29, 0.717) is 17.5 Å². The van der Waals surface area contributed by atoms with E-state index in [-0.39, 0.29) is 35.8 Å². The van der Waals surface area contributed by atoms with Crippen LogP contribution in [0.5, 0.6) is 0 Å². The number of hydrogen-bond acceptors (Lipinski definition) is 3. The molecule has 0 aliphatic rings. The summed E-state index contributed by atoms with van der Waals surface area (Å²) in [6, 6.07) is 11.7. The quantitative estimate of drug-likeness (QED) is 0.660. The highest BCUT2D eigenvalue weighted by atomic mass is 19.1. The molecule has 0 spiro atoms. The number of pyridine rings is 1. The Bertz CT molecular complexity index is 999. The third-order valence-corrected chi connectivity index (χ3v) is 4.59. The van der Waals surface area contributed by atoms with Crippen LogP contribution in [0.15, 0.2) is 48.7 Å². The van der Waals surface area contributed by atoms with Gasteiger partial charge in [0, 0.05) is 18.8 Å². The topological polar surface area (TPSA) is 75.5 Å². The predicted molar refractivity (Wildman–Crippen MR) is 105 cm³/mol. The van der Waals surface area contributed by atoms with E-state index < -0.39 is 5.91 Å². The first-order valence-electron chi connectivity index (χ1n) is 9.30. The molecule has 2 N–H and O–H groups in total. The number of nitrogens with zero attached hydrogens (tertiary/aromatic N) is 2. The van der Waals surface area contributed by atoms with Gasteiger partial charge in [-0.05, 0) is 43.5 Å². The maximum atomic E-state index is 13.7. The Morgan fingerprint density at radius 2 is 1.89 bits per heavy atom. The minimum Gasteiger partial charge on any atom is -0.350 e. The van der Waals surface area contributed by atoms with Crippen LogP contribution >= 0.6 is 0 Å². The Labute approximate surface area is 162 Å². The van der Waals surface area contributed by atoms with Gasteiger partial charge in [-0.3, -0.25) is 14.0 Å². The molecule has 0 saturated carbocycles. The molecule has 2 heterocycles. The fraction of sp³-hybridized carbons (Fsp3) is 0.286. The van der Waals surface area contributed by atoms with Crippen molar-refractivity contribution in [3.8, 4) is 0 Å². The molecule has 0 bridgehead atoms. The SMILES string of the molecule is CCC(C)NC(=O)c1nc(C(=O)NCCc2ccccc2F)c2ccccn12. The second-order valence-electron chi connectivity index (χ2n) is 6.62. The van der Waals surface area contributed by atoms with Crippen molar-refractivity contribution < 1.29 is 14.0 Å². The molecule has 0 aliphatic carbocycles. The fourth-order valence-electron chi connectivity index (χ4n) is 2.85. The van der Waals surface area contributed by atoms with Gasteiger partial charge in [-0.2, -0.15) is 0 Å². The summed E-state index contributed by atoms with van der Waals surface area (Å²) < 4.78 is 15.3. The van der Waals surface area contributed by atoms with Crippen molar-refractivity contribution >= 4 is 17.3 Å². The van der Waals surface area contributed by atoms with Gasteiger partial charge in [-0.15, -0.1) is 0 Å². The standard InChI is InChI=1S/C21H23FN4O2/c1-3-14(2)24-21(28)19-25-18(17-10-6-7-13-26(17)19)20(27)23-12-11-15-8-4-5-9-16(15)22/h4-10,13-14H,3,11-12H2,1-2H3,(H,23,27)(H,24,28). The molecule has 3 aromatic rings. The summed E-state index contributed by atoms with van der Waals surface area (Å²) in [7, 11) is 0. The summed E-state index contributed by atoms with van der Waals surface area (Å²) in [6.45, 7) is 4.15. The van der Waals surface area contributed by atoms with E-state index in [0.717, 1.165) is 6.42 Å². The average Bonchev–Trinajstić information content (AvgIpc) is 3.09. The van der Waals surface area contributed by atoms with E-state index in [4.69, 9.17) is 0 Å². The summed E-state index contributed by atoms with van der Waals surface area (Å²) >= 11 is 0. The van der Waals surface area contributed by atoms with Gasteiger partial charge in [0.2, 0.25) is 5.82 Å². The van der Waals surface area contributed by atoms with Crippen LogP contribution in [0, 0.1) is 5.82 Å². The number of aromatic nitrogens is 2. The van der Waals surface area contributed by atoms with Gasteiger partial charge in [-0.1, -0.05) is 31.2 Å². The van der Waals surface area contributed by atoms with Crippen molar-refractivity contribution in [3.05, 3.63) is 71.6 Å². The lowest BCUT2D eigenvalue weighted by Crippen LogP contribution is -2.33. The van der Waals surface area contributed by atoms with Crippen molar-refractivity contribution in [3.63, 3.8) is 0 Å². The van der Waals surface area contributed by atoms with Crippen LogP contribution < -0.4 is 10.6 Å². The van der Waals surface area contributed by atoms with E-state index in [9.17, 15) is 14.0 Å². The zero-order chi connectivity index (χ0) is 20.1. The molecule has 146 valence electrons. The minimum atomic E-state index is -0.400. The van der Waals surface area contributed by atoms with Gasteiger partial charge >= 0.3 is 0 Å². The molecule has 1 aromatic carbocycles. The van der Waals surface area contributed by atoms with Crippen LogP contribution in [0.4, 0.5) is 4.39 Å². The lowest BCUT2D eigenvalue weighted by molar-refractivity contribution is 0.0928. The summed E-state index contributed by atoms with van der Waals surface area (Å²) in [5.41, 5.74) is 1.25. The lowest BCUT2D eigenvalue weighted by atomic mass is 10.1. The molecule has 3 rings (SSSR count). The normalized spacial score (nSPS) is 12.0. The Hall–Kier alpha value is -3.22. The number of amides is 2. The number of halogens is 1. The second-order valence-corrected chi connectivity index (χ2v) is 6.62. The number of benzene rings is 1. The van der Waals surface area contributed by atoms with Gasteiger partial charge in [0.15, 0.2) is 5.69 Å². The Balaban J connectivity index is 1.77. The van der Waals surface area contributed by atoms with Crippen LogP contribution in [0.3, 0.4) is 0 Å². The summed E-state index contributed by atoms with van der Waals surface area (Å²) in [4.78, 5) is 29.5. The predicted octanol–water partition coefficient (Wildman–Crippen LogP) is 2.97. The van der Waals surface area contributed by atoms with E-state index >= 15 is 0 Å². The zero-order valence-corrected chi connectivity index (χ0v) is 15.9. The zero-order valence-electron chi connectivity index (χ0n) is 15.9. The van der Waals surface area contributed by atoms with E-state index in [1.54, 1.807) is 47.0 Å². The van der Waals surface area contributed by atoms with E-state index in [1.165, 1.54) is 6.07 Å². The fourth-order valence-corrected chi connectivity index (χ4v) is 2.85. The second kappa shape index (κ2) is 8.65. The number of hydrogen-bond donors (Lipinski definition) is 2. The molecule has 1 atom stereocenters. The number of rotatable bonds is 7. The molecular formula is C21H23FN4O2. The summed E-state index contributed by atoms with van der Waals surface area (Å²) in [5.74, 6) is -0.869. The van der Waals surface area contributed by atoms with E-state index in [2.05, 4.69) is 15.6 Å². The van der Waals surface area contributed by atoms with Crippen LogP contribution in [0.2, 0.25) is 0 Å². The van der Waals surface area contributed by atoms with Gasteiger partial charge < -0.3 is 10.6 Å². The van der Waals surface area contributed by atoms with Crippen molar-refractivity contribution in [1.29, 1.82) is 0 Å². The molecule has 0 radical (unpaired) electrons. The van der Waals surface area contributed by atoms with Crippen molar-refractivity contribution in [2.45, 2.75) is 32.7 Å². The molecule has 0 aliphatic heterocycles. The van der Waals surface area contributed by atoms with Gasteiger partial charge in [-0.25, -0.2) is 9.37 Å². The van der Waals surface area contributed by atoms with Crippen LogP contribution in [-0.4, -0.2) is 33.8 Å². The number of carbonyl (C=O) groups excluding carboxylic acids is 2. The lowest BCUT2D eigenvalue weighted by Gasteiger charge is -2.10. The first-order valence-corrected chi connectivity index (χ1v) is 9.30. The third kappa shape index (κ3) is 4.19. The van der Waals surface area contributed by atoms with Crippen molar-refractivity contribution in [2.24, 2.45) is 0 Å². The largest absolute Gasteiger partial charge is 0.350 e. The van der Waals surface area contributed by atoms with Crippen LogP contribution in [0.25, 0.3) is 5.52 Å². The van der Waals surface area contributed by atoms with Crippen LogP contribution in [0.1, 0.15) is 46.9 Å². The molecule has 7 heteroatoms. The van der Waals surface area contributed by atoms with Crippen molar-refractivity contribution in [1.82, 2.24) is 20.0 Å². The number of imidazole rings is 1. The smallest absolute Gasteiger partial charge is 0.287 e. The molecule has 0 fully saturated rings. The summed E-state index contributed by atoms with van der Waals surface area (Å²) in [5, 5.41) is 5.62. The summed E-state index contributed by atoms with van der Waals surface area (Å²) in [6.07, 6.45) is 2.86. The maximum Gasteiger partial charge on any atom is 0.287 e. The first-order chi connectivity index (χ1) is 13.5. The van der Waals surface area contributed by atoms with Gasteiger partial charge in [0.25, 0.3) is 11.8 Å². The Morgan fingerprint density at radius 3 is 2.64 bits per heavy atom. The highest BCUT2D eigenvalue weighted by molar-refractivity contribution is 6.02. The number of nitrogens with one attached hydrogen (secondary N) is 2. The molecule has 2 aromatic heterocycles. The maximum absolute atomic E-state index is 13.7. The first kappa shape index (κ1) is 19.5. The average molecular weight is 382 g/mol. The van der Waals surface area contributed by atoms with E-state index in [1.807, 2.05) is 13.8 Å². The molecule has 6 nitrogen and oxygen atoms in total. The molecular weight excluding hydrogens is 359 g/mol. The minimum absolute atomic E-state index is 0.00149. The Kier molecular flexibility index (Phi) is 6.03. The van der Waals surface area contributed by atoms with Gasteiger partial charge in [0.1, 0.15) is 5.82 Å². The number of fused-ring (bicyclic) bond motifs is 1. The molecule has 2 amide bonds. The molecule has 1 unspecified atom stereocenters. The molecule has 0 saturated heterocycles. The number of carbonyl (C=O) groups is 2. The van der Waals surface area contributed by atoms with Gasteiger partial charge in [0.05, 0.1) is 5.52 Å². The van der Waals surface area contributed by atoms with Crippen molar-refractivity contribution in [2.75, 3.05) is 6.54 Å². The molecule has 28 heavy (non-hydrogen) atoms. The third-order valence-electron chi connectivity index (χ3n) is 4.59. The highest BCUT2D eigenvalue weighted by Gasteiger charge is 2.21.